The molecule has 0 fully saturated rings. The van der Waals surface area contributed by atoms with Gasteiger partial charge in [-0.05, 0) is 24.6 Å². The van der Waals surface area contributed by atoms with Gasteiger partial charge in [0.2, 0.25) is 0 Å². The van der Waals surface area contributed by atoms with Crippen molar-refractivity contribution in [2.24, 2.45) is 5.84 Å². The molecule has 0 radical (unpaired) electrons. The maximum absolute atomic E-state index is 5.50. The smallest absolute Gasteiger partial charge is 0.148 e. The summed E-state index contributed by atoms with van der Waals surface area (Å²) in [6.45, 7) is 4.66. The molecule has 20 heavy (non-hydrogen) atoms. The fourth-order valence-corrected chi connectivity index (χ4v) is 2.31. The molecule has 4 N–H and O–H groups in total. The predicted molar refractivity (Wildman–Crippen MR) is 85.4 cm³/mol. The lowest BCUT2D eigenvalue weighted by Crippen LogP contribution is -2.14. The highest BCUT2D eigenvalue weighted by atomic mass is 79.9. The fourth-order valence-electron chi connectivity index (χ4n) is 1.87. The SMILES string of the molecule is CCc1nc(NN)c(C)c(NCc2cccc(Br)c2)n1. The van der Waals surface area contributed by atoms with Gasteiger partial charge in [0.05, 0.1) is 0 Å². The molecule has 1 aromatic heterocycles. The Morgan fingerprint density at radius 2 is 2.00 bits per heavy atom. The molecule has 1 aromatic carbocycles. The lowest BCUT2D eigenvalue weighted by Gasteiger charge is -2.13. The zero-order chi connectivity index (χ0) is 14.5. The summed E-state index contributed by atoms with van der Waals surface area (Å²) in [5.74, 6) is 7.73. The van der Waals surface area contributed by atoms with Crippen LogP contribution in [0.4, 0.5) is 11.6 Å². The van der Waals surface area contributed by atoms with E-state index in [4.69, 9.17) is 5.84 Å². The topological polar surface area (TPSA) is 75.9 Å². The van der Waals surface area contributed by atoms with Crippen LogP contribution in [0.1, 0.15) is 23.9 Å². The largest absolute Gasteiger partial charge is 0.366 e. The third-order valence-electron chi connectivity index (χ3n) is 2.99. The average molecular weight is 336 g/mol. The first-order valence-corrected chi connectivity index (χ1v) is 7.25. The Bertz CT molecular complexity index is 600. The van der Waals surface area contributed by atoms with Gasteiger partial charge < -0.3 is 10.7 Å². The highest BCUT2D eigenvalue weighted by Crippen LogP contribution is 2.20. The quantitative estimate of drug-likeness (QED) is 0.578. The van der Waals surface area contributed by atoms with Gasteiger partial charge in [-0.3, -0.25) is 0 Å². The summed E-state index contributed by atoms with van der Waals surface area (Å²) in [4.78, 5) is 8.85. The number of nitrogens with one attached hydrogen (secondary N) is 2. The summed E-state index contributed by atoms with van der Waals surface area (Å²) >= 11 is 3.47. The highest BCUT2D eigenvalue weighted by Gasteiger charge is 2.09. The van der Waals surface area contributed by atoms with E-state index in [1.165, 1.54) is 5.56 Å². The number of rotatable bonds is 5. The molecule has 5 nitrogen and oxygen atoms in total. The van der Waals surface area contributed by atoms with Crippen molar-refractivity contribution < 1.29 is 0 Å². The molecule has 0 aliphatic heterocycles. The Balaban J connectivity index is 2.20. The molecule has 0 amide bonds. The second-order valence-corrected chi connectivity index (χ2v) is 5.36. The van der Waals surface area contributed by atoms with E-state index in [9.17, 15) is 0 Å². The third-order valence-corrected chi connectivity index (χ3v) is 3.49. The zero-order valence-electron chi connectivity index (χ0n) is 11.6. The maximum atomic E-state index is 5.50. The molecule has 0 aliphatic rings. The van der Waals surface area contributed by atoms with Crippen molar-refractivity contribution in [3.63, 3.8) is 0 Å². The summed E-state index contributed by atoms with van der Waals surface area (Å²) in [5, 5.41) is 3.34. The molecule has 6 heteroatoms. The minimum Gasteiger partial charge on any atom is -0.366 e. The number of aromatic nitrogens is 2. The van der Waals surface area contributed by atoms with Gasteiger partial charge in [-0.25, -0.2) is 15.8 Å². The first-order valence-electron chi connectivity index (χ1n) is 6.46. The van der Waals surface area contributed by atoms with Crippen molar-refractivity contribution in [2.45, 2.75) is 26.8 Å². The van der Waals surface area contributed by atoms with Gasteiger partial charge in [0.15, 0.2) is 0 Å². The van der Waals surface area contributed by atoms with Crippen molar-refractivity contribution in [1.29, 1.82) is 0 Å². The van der Waals surface area contributed by atoms with E-state index in [0.29, 0.717) is 12.4 Å². The van der Waals surface area contributed by atoms with Gasteiger partial charge in [-0.1, -0.05) is 35.0 Å². The number of halogens is 1. The number of hydrogen-bond acceptors (Lipinski definition) is 5. The molecule has 0 saturated heterocycles. The van der Waals surface area contributed by atoms with E-state index < -0.39 is 0 Å². The van der Waals surface area contributed by atoms with Crippen molar-refractivity contribution in [1.82, 2.24) is 9.97 Å². The molecule has 0 atom stereocenters. The van der Waals surface area contributed by atoms with E-state index >= 15 is 0 Å². The minimum absolute atomic E-state index is 0.661. The van der Waals surface area contributed by atoms with Crippen LogP contribution in [0.15, 0.2) is 28.7 Å². The Morgan fingerprint density at radius 1 is 1.25 bits per heavy atom. The van der Waals surface area contributed by atoms with Gasteiger partial charge in [-0.2, -0.15) is 0 Å². The van der Waals surface area contributed by atoms with E-state index in [1.807, 2.05) is 26.0 Å². The molecule has 2 rings (SSSR count). The molecule has 106 valence electrons. The van der Waals surface area contributed by atoms with Crippen molar-refractivity contribution in [3.8, 4) is 0 Å². The van der Waals surface area contributed by atoms with Crippen LogP contribution in [0.2, 0.25) is 0 Å². The molecule has 0 spiro atoms. The van der Waals surface area contributed by atoms with Crippen LogP contribution >= 0.6 is 15.9 Å². The lowest BCUT2D eigenvalue weighted by molar-refractivity contribution is 0.921. The van der Waals surface area contributed by atoms with Gasteiger partial charge in [0, 0.05) is 23.0 Å². The molecular formula is C14H18BrN5. The summed E-state index contributed by atoms with van der Waals surface area (Å²) in [7, 11) is 0. The van der Waals surface area contributed by atoms with Crippen LogP contribution in [0, 0.1) is 6.92 Å². The summed E-state index contributed by atoms with van der Waals surface area (Å²) in [5.41, 5.74) is 4.71. The lowest BCUT2D eigenvalue weighted by atomic mass is 10.2. The second kappa shape index (κ2) is 6.67. The first-order chi connectivity index (χ1) is 9.63. The van der Waals surface area contributed by atoms with Crippen molar-refractivity contribution in [2.75, 3.05) is 10.7 Å². The predicted octanol–water partition coefficient (Wildman–Crippen LogP) is 3.01. The molecule has 0 unspecified atom stereocenters. The summed E-state index contributed by atoms with van der Waals surface area (Å²) < 4.78 is 1.06. The Kier molecular flexibility index (Phi) is 4.92. The molecule has 2 aromatic rings. The van der Waals surface area contributed by atoms with E-state index in [-0.39, 0.29) is 0 Å². The first kappa shape index (κ1) is 14.7. The van der Waals surface area contributed by atoms with E-state index in [1.54, 1.807) is 0 Å². The van der Waals surface area contributed by atoms with E-state index in [2.05, 4.69) is 48.8 Å². The number of aryl methyl sites for hydroxylation is 1. The Labute approximate surface area is 127 Å². The van der Waals surface area contributed by atoms with Crippen LogP contribution in [0.5, 0.6) is 0 Å². The maximum Gasteiger partial charge on any atom is 0.148 e. The van der Waals surface area contributed by atoms with Gasteiger partial charge >= 0.3 is 0 Å². The van der Waals surface area contributed by atoms with Crippen molar-refractivity contribution in [3.05, 3.63) is 45.7 Å². The zero-order valence-corrected chi connectivity index (χ0v) is 13.2. The minimum atomic E-state index is 0.661. The van der Waals surface area contributed by atoms with Crippen LogP contribution in [0.3, 0.4) is 0 Å². The summed E-state index contributed by atoms with van der Waals surface area (Å²) in [6.07, 6.45) is 0.764. The standard InChI is InChI=1S/C14H18BrN5/c1-3-12-18-13(9(2)14(19-12)20-16)17-8-10-5-4-6-11(15)7-10/h4-7H,3,8,16H2,1-2H3,(H2,17,18,19,20). The fraction of sp³-hybridized carbons (Fsp3) is 0.286. The number of hydrogen-bond donors (Lipinski definition) is 3. The number of nitrogen functional groups attached to an aromatic ring is 1. The van der Waals surface area contributed by atoms with E-state index in [0.717, 1.165) is 28.1 Å². The normalized spacial score (nSPS) is 10.4. The number of benzene rings is 1. The number of nitrogens with two attached hydrogens (primary N) is 1. The monoisotopic (exact) mass is 335 g/mol. The van der Waals surface area contributed by atoms with Gasteiger partial charge in [0.25, 0.3) is 0 Å². The summed E-state index contributed by atoms with van der Waals surface area (Å²) in [6, 6.07) is 8.16. The van der Waals surface area contributed by atoms with Gasteiger partial charge in [-0.15, -0.1) is 0 Å². The molecule has 0 saturated carbocycles. The number of hydrazine groups is 1. The number of nitrogens with zero attached hydrogens (tertiary/aromatic N) is 2. The second-order valence-electron chi connectivity index (χ2n) is 4.44. The van der Waals surface area contributed by atoms with Crippen LogP contribution < -0.4 is 16.6 Å². The van der Waals surface area contributed by atoms with Crippen LogP contribution in [-0.2, 0) is 13.0 Å². The molecule has 0 aliphatic carbocycles. The third kappa shape index (κ3) is 3.46. The average Bonchev–Trinajstić information content (AvgIpc) is 2.46. The number of anilines is 2. The Hall–Kier alpha value is -1.66. The van der Waals surface area contributed by atoms with Crippen molar-refractivity contribution >= 4 is 27.6 Å². The molecule has 1 heterocycles. The van der Waals surface area contributed by atoms with Crippen LogP contribution in [-0.4, -0.2) is 9.97 Å². The highest BCUT2D eigenvalue weighted by molar-refractivity contribution is 9.10. The van der Waals surface area contributed by atoms with Gasteiger partial charge in [0.1, 0.15) is 17.5 Å². The Morgan fingerprint density at radius 3 is 2.65 bits per heavy atom. The molecule has 0 bridgehead atoms. The van der Waals surface area contributed by atoms with Crippen LogP contribution in [0.25, 0.3) is 0 Å². The molecular weight excluding hydrogens is 318 g/mol.